The standard InChI is InChI=1S/C13H21N3O2/c1-13(2,3)10-7-11(17)15-12(14-10)9-8-16(4)5-6-18-9/h7,9H,5-6,8H2,1-4H3,(H,14,15,17). The van der Waals surface area contributed by atoms with E-state index in [9.17, 15) is 4.79 Å². The molecule has 0 saturated carbocycles. The van der Waals surface area contributed by atoms with E-state index in [4.69, 9.17) is 4.74 Å². The number of nitrogens with zero attached hydrogens (tertiary/aromatic N) is 2. The predicted molar refractivity (Wildman–Crippen MR) is 69.7 cm³/mol. The first-order chi connectivity index (χ1) is 8.36. The van der Waals surface area contributed by atoms with Crippen LogP contribution >= 0.6 is 0 Å². The minimum absolute atomic E-state index is 0.109. The molecule has 18 heavy (non-hydrogen) atoms. The molecule has 0 radical (unpaired) electrons. The lowest BCUT2D eigenvalue weighted by Gasteiger charge is -2.30. The predicted octanol–water partition coefficient (Wildman–Crippen LogP) is 1.07. The van der Waals surface area contributed by atoms with Crippen LogP contribution in [0.15, 0.2) is 10.9 Å². The Morgan fingerprint density at radius 3 is 2.83 bits per heavy atom. The summed E-state index contributed by atoms with van der Waals surface area (Å²) in [5.41, 5.74) is 0.559. The van der Waals surface area contributed by atoms with Crippen LogP contribution in [0.4, 0.5) is 0 Å². The van der Waals surface area contributed by atoms with Crippen LogP contribution in [-0.4, -0.2) is 41.6 Å². The number of hydrogen-bond donors (Lipinski definition) is 1. The van der Waals surface area contributed by atoms with Gasteiger partial charge in [-0.2, -0.15) is 0 Å². The third-order valence-corrected chi connectivity index (χ3v) is 3.10. The van der Waals surface area contributed by atoms with Gasteiger partial charge in [-0.15, -0.1) is 0 Å². The molecule has 5 heteroatoms. The van der Waals surface area contributed by atoms with Crippen LogP contribution in [0, 0.1) is 0 Å². The smallest absolute Gasteiger partial charge is 0.251 e. The van der Waals surface area contributed by atoms with Gasteiger partial charge in [-0.1, -0.05) is 20.8 Å². The zero-order valence-electron chi connectivity index (χ0n) is 11.5. The van der Waals surface area contributed by atoms with Gasteiger partial charge in [-0.3, -0.25) is 4.79 Å². The molecule has 1 saturated heterocycles. The van der Waals surface area contributed by atoms with Gasteiger partial charge in [-0.05, 0) is 7.05 Å². The van der Waals surface area contributed by atoms with E-state index in [1.54, 1.807) is 6.07 Å². The van der Waals surface area contributed by atoms with E-state index in [1.807, 2.05) is 27.8 Å². The average Bonchev–Trinajstić information content (AvgIpc) is 2.27. The number of morpholine rings is 1. The monoisotopic (exact) mass is 251 g/mol. The third kappa shape index (κ3) is 2.97. The van der Waals surface area contributed by atoms with Gasteiger partial charge in [0.15, 0.2) is 0 Å². The van der Waals surface area contributed by atoms with Crippen LogP contribution in [0.1, 0.15) is 38.4 Å². The van der Waals surface area contributed by atoms with Gasteiger partial charge < -0.3 is 14.6 Å². The lowest BCUT2D eigenvalue weighted by molar-refractivity contribution is -0.0257. The number of rotatable bonds is 1. The molecular formula is C13H21N3O2. The zero-order chi connectivity index (χ0) is 13.3. The van der Waals surface area contributed by atoms with Crippen molar-refractivity contribution in [3.8, 4) is 0 Å². The van der Waals surface area contributed by atoms with Crippen molar-refractivity contribution in [3.05, 3.63) is 27.9 Å². The Balaban J connectivity index is 2.33. The van der Waals surface area contributed by atoms with E-state index < -0.39 is 0 Å². The molecule has 1 aliphatic heterocycles. The zero-order valence-corrected chi connectivity index (χ0v) is 11.5. The summed E-state index contributed by atoms with van der Waals surface area (Å²) < 4.78 is 5.68. The van der Waals surface area contributed by atoms with E-state index in [2.05, 4.69) is 14.9 Å². The van der Waals surface area contributed by atoms with Crippen molar-refractivity contribution >= 4 is 0 Å². The van der Waals surface area contributed by atoms with Gasteiger partial charge in [-0.25, -0.2) is 4.98 Å². The molecule has 1 aliphatic rings. The van der Waals surface area contributed by atoms with Gasteiger partial charge in [0, 0.05) is 24.6 Å². The second-order valence-corrected chi connectivity index (χ2v) is 5.89. The fourth-order valence-corrected chi connectivity index (χ4v) is 1.96. The molecule has 0 aliphatic carbocycles. The maximum atomic E-state index is 11.7. The molecule has 2 rings (SSSR count). The molecule has 0 aromatic carbocycles. The van der Waals surface area contributed by atoms with Crippen LogP contribution in [0.25, 0.3) is 0 Å². The fraction of sp³-hybridized carbons (Fsp3) is 0.692. The normalized spacial score (nSPS) is 22.1. The molecule has 1 aromatic heterocycles. The van der Waals surface area contributed by atoms with E-state index in [0.29, 0.717) is 12.4 Å². The lowest BCUT2D eigenvalue weighted by Crippen LogP contribution is -2.37. The van der Waals surface area contributed by atoms with Crippen molar-refractivity contribution in [3.63, 3.8) is 0 Å². The topological polar surface area (TPSA) is 58.2 Å². The molecule has 1 atom stereocenters. The second-order valence-electron chi connectivity index (χ2n) is 5.89. The number of aromatic amines is 1. The number of aromatic nitrogens is 2. The molecule has 0 bridgehead atoms. The maximum Gasteiger partial charge on any atom is 0.251 e. The van der Waals surface area contributed by atoms with E-state index in [1.165, 1.54) is 0 Å². The van der Waals surface area contributed by atoms with E-state index >= 15 is 0 Å². The Bertz CT molecular complexity index is 476. The summed E-state index contributed by atoms with van der Waals surface area (Å²) in [7, 11) is 2.04. The van der Waals surface area contributed by atoms with Gasteiger partial charge in [0.25, 0.3) is 5.56 Å². The van der Waals surface area contributed by atoms with Crippen molar-refractivity contribution in [2.45, 2.75) is 32.3 Å². The third-order valence-electron chi connectivity index (χ3n) is 3.10. The summed E-state index contributed by atoms with van der Waals surface area (Å²) >= 11 is 0. The Morgan fingerprint density at radius 1 is 1.50 bits per heavy atom. The summed E-state index contributed by atoms with van der Waals surface area (Å²) in [4.78, 5) is 21.2. The molecule has 1 aromatic rings. The minimum Gasteiger partial charge on any atom is -0.368 e. The molecule has 100 valence electrons. The summed E-state index contributed by atoms with van der Waals surface area (Å²) in [6.07, 6.45) is -0.140. The number of ether oxygens (including phenoxy) is 1. The number of hydrogen-bond acceptors (Lipinski definition) is 4. The highest BCUT2D eigenvalue weighted by molar-refractivity contribution is 5.13. The van der Waals surface area contributed by atoms with Crippen LogP contribution in [0.2, 0.25) is 0 Å². The fourth-order valence-electron chi connectivity index (χ4n) is 1.96. The molecule has 2 heterocycles. The van der Waals surface area contributed by atoms with Crippen molar-refractivity contribution < 1.29 is 4.74 Å². The lowest BCUT2D eigenvalue weighted by atomic mass is 9.92. The van der Waals surface area contributed by atoms with Crippen molar-refractivity contribution in [2.24, 2.45) is 0 Å². The molecule has 0 amide bonds. The SMILES string of the molecule is CN1CCOC(c2nc(C(C)(C)C)cc(=O)[nH]2)C1. The molecule has 1 N–H and O–H groups in total. The van der Waals surface area contributed by atoms with Crippen LogP contribution < -0.4 is 5.56 Å². The maximum absolute atomic E-state index is 11.7. The first-order valence-corrected chi connectivity index (χ1v) is 6.28. The first-order valence-electron chi connectivity index (χ1n) is 6.28. The first kappa shape index (κ1) is 13.2. The number of likely N-dealkylation sites (N-methyl/N-ethyl adjacent to an activating group) is 1. The minimum atomic E-state index is -0.140. The molecule has 1 fully saturated rings. The highest BCUT2D eigenvalue weighted by Gasteiger charge is 2.24. The van der Waals surface area contributed by atoms with Gasteiger partial charge >= 0.3 is 0 Å². The highest BCUT2D eigenvalue weighted by atomic mass is 16.5. The van der Waals surface area contributed by atoms with Crippen LogP contribution in [-0.2, 0) is 10.2 Å². The highest BCUT2D eigenvalue weighted by Crippen LogP contribution is 2.22. The van der Waals surface area contributed by atoms with Crippen LogP contribution in [0.5, 0.6) is 0 Å². The van der Waals surface area contributed by atoms with E-state index in [-0.39, 0.29) is 17.1 Å². The molecule has 0 spiro atoms. The summed E-state index contributed by atoms with van der Waals surface area (Å²) in [6, 6.07) is 1.57. The van der Waals surface area contributed by atoms with Crippen molar-refractivity contribution in [2.75, 3.05) is 26.7 Å². The quantitative estimate of drug-likeness (QED) is 0.811. The number of nitrogens with one attached hydrogen (secondary N) is 1. The Hall–Kier alpha value is -1.20. The van der Waals surface area contributed by atoms with Crippen LogP contribution in [0.3, 0.4) is 0 Å². The van der Waals surface area contributed by atoms with Gasteiger partial charge in [0.2, 0.25) is 0 Å². The summed E-state index contributed by atoms with van der Waals surface area (Å²) in [5.74, 6) is 0.638. The van der Waals surface area contributed by atoms with E-state index in [0.717, 1.165) is 18.8 Å². The van der Waals surface area contributed by atoms with Gasteiger partial charge in [0.1, 0.15) is 11.9 Å². The summed E-state index contributed by atoms with van der Waals surface area (Å²) in [6.45, 7) is 8.49. The summed E-state index contributed by atoms with van der Waals surface area (Å²) in [5, 5.41) is 0. The largest absolute Gasteiger partial charge is 0.368 e. The molecular weight excluding hydrogens is 230 g/mol. The molecule has 1 unspecified atom stereocenters. The Morgan fingerprint density at radius 2 is 2.22 bits per heavy atom. The Kier molecular flexibility index (Phi) is 3.54. The number of H-pyrrole nitrogens is 1. The molecule has 5 nitrogen and oxygen atoms in total. The Labute approximate surface area is 107 Å². The second kappa shape index (κ2) is 4.82. The van der Waals surface area contributed by atoms with Crippen molar-refractivity contribution in [1.29, 1.82) is 0 Å². The average molecular weight is 251 g/mol. The van der Waals surface area contributed by atoms with Gasteiger partial charge in [0.05, 0.1) is 12.3 Å². The van der Waals surface area contributed by atoms with Crippen molar-refractivity contribution in [1.82, 2.24) is 14.9 Å².